The smallest absolute Gasteiger partial charge is 0.244 e. The molecule has 3 rings (SSSR count). The number of fused-ring (bicyclic) bond motifs is 1. The second kappa shape index (κ2) is 9.76. The first-order chi connectivity index (χ1) is 13.2. The quantitative estimate of drug-likeness (QED) is 0.559. The Bertz CT molecular complexity index is 668. The lowest BCUT2D eigenvalue weighted by atomic mass is 10.1. The van der Waals surface area contributed by atoms with E-state index >= 15 is 0 Å². The van der Waals surface area contributed by atoms with Crippen LogP contribution in [0.2, 0.25) is 0 Å². The van der Waals surface area contributed by atoms with Crippen LogP contribution in [0.3, 0.4) is 0 Å². The minimum absolute atomic E-state index is 0.0887. The van der Waals surface area contributed by atoms with Crippen LogP contribution < -0.4 is 14.8 Å². The summed E-state index contributed by atoms with van der Waals surface area (Å²) in [5.74, 6) is 1.59. The van der Waals surface area contributed by atoms with Crippen molar-refractivity contribution in [3.8, 4) is 11.5 Å². The van der Waals surface area contributed by atoms with Crippen molar-refractivity contribution in [1.82, 2.24) is 10.2 Å². The van der Waals surface area contributed by atoms with Crippen LogP contribution in [-0.2, 0) is 16.0 Å². The number of carbonyl (C=O) groups excluding carboxylic acids is 1. The van der Waals surface area contributed by atoms with E-state index in [2.05, 4.69) is 17.1 Å². The van der Waals surface area contributed by atoms with E-state index in [1.807, 2.05) is 19.1 Å². The summed E-state index contributed by atoms with van der Waals surface area (Å²) in [5.41, 5.74) is 2.03. The van der Waals surface area contributed by atoms with Crippen molar-refractivity contribution >= 4 is 12.0 Å². The number of amides is 1. The summed E-state index contributed by atoms with van der Waals surface area (Å²) in [6.45, 7) is 9.83. The molecule has 2 aliphatic heterocycles. The molecule has 0 aliphatic carbocycles. The Morgan fingerprint density at radius 2 is 2.19 bits per heavy atom. The van der Waals surface area contributed by atoms with Crippen molar-refractivity contribution < 1.29 is 19.0 Å². The average molecular weight is 374 g/mol. The van der Waals surface area contributed by atoms with Gasteiger partial charge in [-0.05, 0) is 45.0 Å². The first-order valence-electron chi connectivity index (χ1n) is 9.88. The third-order valence-corrected chi connectivity index (χ3v) is 4.80. The molecule has 2 aliphatic rings. The predicted octanol–water partition coefficient (Wildman–Crippen LogP) is 2.26. The predicted molar refractivity (Wildman–Crippen MR) is 105 cm³/mol. The van der Waals surface area contributed by atoms with Gasteiger partial charge in [0.2, 0.25) is 5.91 Å². The lowest BCUT2D eigenvalue weighted by Gasteiger charge is -2.26. The fourth-order valence-electron chi connectivity index (χ4n) is 3.43. The van der Waals surface area contributed by atoms with Gasteiger partial charge in [-0.3, -0.25) is 9.69 Å². The first-order valence-corrected chi connectivity index (χ1v) is 9.88. The van der Waals surface area contributed by atoms with E-state index in [-0.39, 0.29) is 12.0 Å². The molecule has 1 atom stereocenters. The molecule has 1 fully saturated rings. The minimum Gasteiger partial charge on any atom is -0.493 e. The van der Waals surface area contributed by atoms with Gasteiger partial charge in [0.1, 0.15) is 17.6 Å². The van der Waals surface area contributed by atoms with Gasteiger partial charge in [-0.25, -0.2) is 0 Å². The molecule has 27 heavy (non-hydrogen) atoms. The fraction of sp³-hybridized carbons (Fsp3) is 0.571. The number of benzene rings is 1. The maximum Gasteiger partial charge on any atom is 0.244 e. The summed E-state index contributed by atoms with van der Waals surface area (Å²) >= 11 is 0. The lowest BCUT2D eigenvalue weighted by Crippen LogP contribution is -2.38. The van der Waals surface area contributed by atoms with Crippen LogP contribution in [0.15, 0.2) is 18.2 Å². The van der Waals surface area contributed by atoms with Crippen molar-refractivity contribution in [2.75, 3.05) is 46.0 Å². The number of morpholine rings is 1. The zero-order valence-corrected chi connectivity index (χ0v) is 16.3. The van der Waals surface area contributed by atoms with E-state index in [0.29, 0.717) is 13.2 Å². The molecular formula is C21H30N2O4. The zero-order valence-electron chi connectivity index (χ0n) is 16.3. The maximum absolute atomic E-state index is 12.1. The van der Waals surface area contributed by atoms with Crippen molar-refractivity contribution in [3.05, 3.63) is 29.3 Å². The standard InChI is InChI=1S/C21H30N2O4/c1-3-26-19-15-18-13-16(2)27-20(18)14-17(19)5-6-21(24)22-7-4-8-23-9-11-25-12-10-23/h5-6,14-16H,3-4,7-13H2,1-2H3,(H,22,24). The SMILES string of the molecule is CCOc1cc2c(cc1C=CC(=O)NCCCN1CCOCC1)OC(C)C2. The van der Waals surface area contributed by atoms with Gasteiger partial charge in [0.15, 0.2) is 0 Å². The molecule has 0 bridgehead atoms. The van der Waals surface area contributed by atoms with Crippen molar-refractivity contribution in [2.24, 2.45) is 0 Å². The third kappa shape index (κ3) is 5.71. The number of nitrogens with zero attached hydrogens (tertiary/aromatic N) is 1. The van der Waals surface area contributed by atoms with Crippen LogP contribution in [0.4, 0.5) is 0 Å². The lowest BCUT2D eigenvalue weighted by molar-refractivity contribution is -0.116. The van der Waals surface area contributed by atoms with Crippen molar-refractivity contribution in [2.45, 2.75) is 32.8 Å². The number of carbonyl (C=O) groups is 1. The molecule has 1 aromatic carbocycles. The van der Waals surface area contributed by atoms with Crippen LogP contribution in [0.5, 0.6) is 11.5 Å². The topological polar surface area (TPSA) is 60.0 Å². The molecule has 1 N–H and O–H groups in total. The summed E-state index contributed by atoms with van der Waals surface area (Å²) < 4.78 is 16.9. The number of hydrogen-bond acceptors (Lipinski definition) is 5. The van der Waals surface area contributed by atoms with E-state index in [1.165, 1.54) is 0 Å². The minimum atomic E-state index is -0.0887. The molecule has 1 saturated heterocycles. The highest BCUT2D eigenvalue weighted by Gasteiger charge is 2.21. The molecule has 148 valence electrons. The van der Waals surface area contributed by atoms with E-state index in [0.717, 1.165) is 68.3 Å². The Morgan fingerprint density at radius 3 is 2.96 bits per heavy atom. The maximum atomic E-state index is 12.1. The Hall–Kier alpha value is -2.05. The summed E-state index contributed by atoms with van der Waals surface area (Å²) in [5, 5.41) is 2.95. The van der Waals surface area contributed by atoms with Gasteiger partial charge >= 0.3 is 0 Å². The van der Waals surface area contributed by atoms with Crippen molar-refractivity contribution in [1.29, 1.82) is 0 Å². The fourth-order valence-corrected chi connectivity index (χ4v) is 3.43. The number of ether oxygens (including phenoxy) is 3. The van der Waals surface area contributed by atoms with Gasteiger partial charge in [0.25, 0.3) is 0 Å². The Labute approximate surface area is 161 Å². The molecule has 6 heteroatoms. The summed E-state index contributed by atoms with van der Waals surface area (Å²) in [4.78, 5) is 14.5. The molecule has 6 nitrogen and oxygen atoms in total. The van der Waals surface area contributed by atoms with Gasteiger partial charge in [0, 0.05) is 43.3 Å². The average Bonchev–Trinajstić information content (AvgIpc) is 3.03. The van der Waals surface area contributed by atoms with E-state index < -0.39 is 0 Å². The van der Waals surface area contributed by atoms with Crippen LogP contribution >= 0.6 is 0 Å². The van der Waals surface area contributed by atoms with Crippen molar-refractivity contribution in [3.63, 3.8) is 0 Å². The molecule has 1 unspecified atom stereocenters. The van der Waals surface area contributed by atoms with Crippen LogP contribution in [0.1, 0.15) is 31.4 Å². The summed E-state index contributed by atoms with van der Waals surface area (Å²) in [6.07, 6.45) is 5.38. The first kappa shape index (κ1) is 19.7. The third-order valence-electron chi connectivity index (χ3n) is 4.80. The van der Waals surface area contributed by atoms with Gasteiger partial charge in [-0.15, -0.1) is 0 Å². The second-order valence-corrected chi connectivity index (χ2v) is 7.00. The molecular weight excluding hydrogens is 344 g/mol. The normalized spacial score (nSPS) is 19.7. The Kier molecular flexibility index (Phi) is 7.12. The largest absolute Gasteiger partial charge is 0.493 e. The number of nitrogens with one attached hydrogen (secondary N) is 1. The Balaban J connectivity index is 1.50. The Morgan fingerprint density at radius 1 is 1.37 bits per heavy atom. The van der Waals surface area contributed by atoms with Gasteiger partial charge < -0.3 is 19.5 Å². The number of rotatable bonds is 8. The molecule has 0 saturated carbocycles. The van der Waals surface area contributed by atoms with Crippen LogP contribution in [0, 0.1) is 0 Å². The molecule has 1 aromatic rings. The summed E-state index contributed by atoms with van der Waals surface area (Å²) in [6, 6.07) is 3.99. The zero-order chi connectivity index (χ0) is 19.1. The summed E-state index contributed by atoms with van der Waals surface area (Å²) in [7, 11) is 0. The van der Waals surface area contributed by atoms with Gasteiger partial charge in [-0.1, -0.05) is 0 Å². The van der Waals surface area contributed by atoms with Gasteiger partial charge in [0.05, 0.1) is 19.8 Å². The van der Waals surface area contributed by atoms with Gasteiger partial charge in [-0.2, -0.15) is 0 Å². The van der Waals surface area contributed by atoms with Crippen LogP contribution in [0.25, 0.3) is 6.08 Å². The molecule has 0 aromatic heterocycles. The molecule has 2 heterocycles. The number of hydrogen-bond donors (Lipinski definition) is 1. The van der Waals surface area contributed by atoms with E-state index in [1.54, 1.807) is 12.2 Å². The highest BCUT2D eigenvalue weighted by atomic mass is 16.5. The van der Waals surface area contributed by atoms with Crippen LogP contribution in [-0.4, -0.2) is 62.9 Å². The molecule has 0 radical (unpaired) electrons. The van der Waals surface area contributed by atoms with E-state index in [9.17, 15) is 4.79 Å². The molecule has 1 amide bonds. The molecule has 0 spiro atoms. The second-order valence-electron chi connectivity index (χ2n) is 7.00. The highest BCUT2D eigenvalue weighted by Crippen LogP contribution is 2.35. The monoisotopic (exact) mass is 374 g/mol. The van der Waals surface area contributed by atoms with E-state index in [4.69, 9.17) is 14.2 Å². The highest BCUT2D eigenvalue weighted by molar-refractivity contribution is 5.92.